The van der Waals surface area contributed by atoms with Gasteiger partial charge in [0.2, 0.25) is 5.91 Å². The van der Waals surface area contributed by atoms with Gasteiger partial charge in [-0.3, -0.25) is 14.6 Å². The van der Waals surface area contributed by atoms with Gasteiger partial charge in [-0.2, -0.15) is 0 Å². The Bertz CT molecular complexity index is 968. The first-order valence-corrected chi connectivity index (χ1v) is 12.1. The lowest BCUT2D eigenvalue weighted by Gasteiger charge is -2.29. The number of aryl methyl sites for hydroxylation is 2. The predicted octanol–water partition coefficient (Wildman–Crippen LogP) is 4.79. The molecular formula is C23H28ClN3O2S2. The van der Waals surface area contributed by atoms with Crippen molar-refractivity contribution in [1.29, 1.82) is 0 Å². The highest BCUT2D eigenvalue weighted by Crippen LogP contribution is 2.33. The molecule has 2 heterocycles. The molecule has 166 valence electrons. The highest BCUT2D eigenvalue weighted by Gasteiger charge is 2.22. The number of fused-ring (bicyclic) bond motifs is 1. The molecule has 0 bridgehead atoms. The van der Waals surface area contributed by atoms with Gasteiger partial charge in [-0.15, -0.1) is 24.2 Å². The van der Waals surface area contributed by atoms with E-state index in [1.165, 1.54) is 10.3 Å². The van der Waals surface area contributed by atoms with Crippen molar-refractivity contribution in [3.63, 3.8) is 0 Å². The first-order valence-electron chi connectivity index (χ1n) is 10.3. The second-order valence-electron chi connectivity index (χ2n) is 7.47. The van der Waals surface area contributed by atoms with Crippen LogP contribution in [0, 0.1) is 13.8 Å². The summed E-state index contributed by atoms with van der Waals surface area (Å²) in [5, 5.41) is 0.800. The van der Waals surface area contributed by atoms with Crippen molar-refractivity contribution in [1.82, 2.24) is 9.88 Å². The fourth-order valence-corrected chi connectivity index (χ4v) is 5.45. The van der Waals surface area contributed by atoms with Crippen molar-refractivity contribution in [2.75, 3.05) is 50.0 Å². The molecular weight excluding hydrogens is 450 g/mol. The maximum absolute atomic E-state index is 13.3. The number of hydrogen-bond acceptors (Lipinski definition) is 6. The number of rotatable bonds is 7. The molecule has 0 unspecified atom stereocenters. The van der Waals surface area contributed by atoms with E-state index in [1.54, 1.807) is 23.1 Å². The lowest BCUT2D eigenvalue weighted by molar-refractivity contribution is -0.116. The van der Waals surface area contributed by atoms with Gasteiger partial charge in [0.05, 0.1) is 29.2 Å². The van der Waals surface area contributed by atoms with Crippen LogP contribution in [0.1, 0.15) is 11.1 Å². The molecule has 1 fully saturated rings. The largest absolute Gasteiger partial charge is 0.379 e. The summed E-state index contributed by atoms with van der Waals surface area (Å²) in [7, 11) is 0. The van der Waals surface area contributed by atoms with Gasteiger partial charge in [0.15, 0.2) is 5.13 Å². The Balaban J connectivity index is 0.00000272. The second-order valence-corrected chi connectivity index (χ2v) is 9.50. The molecule has 1 saturated heterocycles. The van der Waals surface area contributed by atoms with Gasteiger partial charge in [0, 0.05) is 31.1 Å². The molecule has 1 aliphatic heterocycles. The fraction of sp³-hybridized carbons (Fsp3) is 0.391. The van der Waals surface area contributed by atoms with Gasteiger partial charge in [0.25, 0.3) is 0 Å². The number of carbonyl (C=O) groups is 1. The summed E-state index contributed by atoms with van der Waals surface area (Å²) in [6.45, 7) is 9.02. The molecule has 2 aromatic carbocycles. The van der Waals surface area contributed by atoms with Crippen molar-refractivity contribution < 1.29 is 9.53 Å². The van der Waals surface area contributed by atoms with Gasteiger partial charge < -0.3 is 4.74 Å². The number of morpholine rings is 1. The van der Waals surface area contributed by atoms with Crippen LogP contribution in [0.5, 0.6) is 0 Å². The van der Waals surface area contributed by atoms with E-state index in [-0.39, 0.29) is 18.3 Å². The number of thiazole rings is 1. The minimum absolute atomic E-state index is 0. The topological polar surface area (TPSA) is 45.7 Å². The summed E-state index contributed by atoms with van der Waals surface area (Å²) in [5.41, 5.74) is 3.37. The Kier molecular flexibility index (Phi) is 8.75. The number of amides is 1. The van der Waals surface area contributed by atoms with E-state index in [4.69, 9.17) is 9.72 Å². The standard InChI is InChI=1S/C23H27N3O2S2.ClH/c1-17-8-9-18(2)22-21(17)24-23(30-22)26(11-10-25-12-14-28-15-13-25)20(27)16-29-19-6-4-3-5-7-19;/h3-9H,10-16H2,1-2H3;1H. The Morgan fingerprint density at radius 1 is 1.13 bits per heavy atom. The van der Waals surface area contributed by atoms with Gasteiger partial charge in [-0.05, 0) is 37.1 Å². The monoisotopic (exact) mass is 477 g/mol. The van der Waals surface area contributed by atoms with Crippen LogP contribution in [0.2, 0.25) is 0 Å². The van der Waals surface area contributed by atoms with Crippen molar-refractivity contribution in [3.8, 4) is 0 Å². The smallest absolute Gasteiger partial charge is 0.239 e. The molecule has 1 aliphatic rings. The molecule has 0 N–H and O–H groups in total. The van der Waals surface area contributed by atoms with Crippen LogP contribution in [0.25, 0.3) is 10.2 Å². The summed E-state index contributed by atoms with van der Waals surface area (Å²) in [6.07, 6.45) is 0. The molecule has 31 heavy (non-hydrogen) atoms. The molecule has 3 aromatic rings. The van der Waals surface area contributed by atoms with Gasteiger partial charge in [-0.1, -0.05) is 41.7 Å². The van der Waals surface area contributed by atoms with Crippen LogP contribution in [0.3, 0.4) is 0 Å². The quantitative estimate of drug-likeness (QED) is 0.458. The second kappa shape index (κ2) is 11.3. The third-order valence-corrected chi connectivity index (χ3v) is 7.52. The van der Waals surface area contributed by atoms with Crippen molar-refractivity contribution in [2.24, 2.45) is 0 Å². The zero-order chi connectivity index (χ0) is 20.9. The Morgan fingerprint density at radius 2 is 1.84 bits per heavy atom. The van der Waals surface area contributed by atoms with Crippen LogP contribution < -0.4 is 4.90 Å². The third kappa shape index (κ3) is 5.99. The third-order valence-electron chi connectivity index (χ3n) is 5.31. The number of aromatic nitrogens is 1. The maximum atomic E-state index is 13.3. The first kappa shape index (κ1) is 24.0. The number of thioether (sulfide) groups is 1. The normalized spacial score (nSPS) is 14.4. The van der Waals surface area contributed by atoms with E-state index in [2.05, 4.69) is 30.9 Å². The summed E-state index contributed by atoms with van der Waals surface area (Å²) in [6, 6.07) is 14.3. The van der Waals surface area contributed by atoms with Crippen LogP contribution in [-0.4, -0.2) is 60.9 Å². The molecule has 0 saturated carbocycles. The average molecular weight is 478 g/mol. The molecule has 0 aliphatic carbocycles. The van der Waals surface area contributed by atoms with E-state index in [9.17, 15) is 4.79 Å². The average Bonchev–Trinajstić information content (AvgIpc) is 3.23. The molecule has 5 nitrogen and oxygen atoms in total. The molecule has 0 spiro atoms. The van der Waals surface area contributed by atoms with Crippen molar-refractivity contribution >= 4 is 56.8 Å². The number of halogens is 1. The van der Waals surface area contributed by atoms with Crippen LogP contribution in [0.4, 0.5) is 5.13 Å². The van der Waals surface area contributed by atoms with Crippen molar-refractivity contribution in [2.45, 2.75) is 18.7 Å². The molecule has 0 radical (unpaired) electrons. The minimum atomic E-state index is 0. The van der Waals surface area contributed by atoms with E-state index in [0.717, 1.165) is 54.0 Å². The number of anilines is 1. The van der Waals surface area contributed by atoms with E-state index < -0.39 is 0 Å². The lowest BCUT2D eigenvalue weighted by Crippen LogP contribution is -2.43. The zero-order valence-corrected chi connectivity index (χ0v) is 20.3. The lowest BCUT2D eigenvalue weighted by atomic mass is 10.1. The molecule has 4 rings (SSSR count). The summed E-state index contributed by atoms with van der Waals surface area (Å²) < 4.78 is 6.63. The Labute approximate surface area is 198 Å². The highest BCUT2D eigenvalue weighted by molar-refractivity contribution is 8.00. The number of carbonyl (C=O) groups excluding carboxylic acids is 1. The minimum Gasteiger partial charge on any atom is -0.379 e. The number of hydrogen-bond donors (Lipinski definition) is 0. The summed E-state index contributed by atoms with van der Waals surface area (Å²) in [5.74, 6) is 0.507. The molecule has 8 heteroatoms. The molecule has 0 atom stereocenters. The van der Waals surface area contributed by atoms with Crippen LogP contribution >= 0.6 is 35.5 Å². The molecule has 1 aromatic heterocycles. The van der Waals surface area contributed by atoms with Gasteiger partial charge >= 0.3 is 0 Å². The van der Waals surface area contributed by atoms with Crippen LogP contribution in [0.15, 0.2) is 47.4 Å². The summed E-state index contributed by atoms with van der Waals surface area (Å²) >= 11 is 3.20. The highest BCUT2D eigenvalue weighted by atomic mass is 35.5. The number of nitrogens with zero attached hydrogens (tertiary/aromatic N) is 3. The van der Waals surface area contributed by atoms with E-state index in [0.29, 0.717) is 12.3 Å². The number of ether oxygens (including phenoxy) is 1. The van der Waals surface area contributed by atoms with Crippen LogP contribution in [-0.2, 0) is 9.53 Å². The Hall–Kier alpha value is -1.64. The predicted molar refractivity (Wildman–Crippen MR) is 133 cm³/mol. The summed E-state index contributed by atoms with van der Waals surface area (Å²) in [4.78, 5) is 23.5. The van der Waals surface area contributed by atoms with Gasteiger partial charge in [-0.25, -0.2) is 4.98 Å². The molecule has 1 amide bonds. The number of benzene rings is 2. The van der Waals surface area contributed by atoms with E-state index in [1.807, 2.05) is 35.2 Å². The Morgan fingerprint density at radius 3 is 2.55 bits per heavy atom. The first-order chi connectivity index (χ1) is 14.6. The zero-order valence-electron chi connectivity index (χ0n) is 17.9. The fourth-order valence-electron chi connectivity index (χ4n) is 3.50. The van der Waals surface area contributed by atoms with Crippen molar-refractivity contribution in [3.05, 3.63) is 53.6 Å². The maximum Gasteiger partial charge on any atom is 0.239 e. The van der Waals surface area contributed by atoms with E-state index >= 15 is 0 Å². The van der Waals surface area contributed by atoms with Gasteiger partial charge in [0.1, 0.15) is 0 Å². The SMILES string of the molecule is Cc1ccc(C)c2sc(N(CCN3CCOCC3)C(=O)CSc3ccccc3)nc12.Cl.